The minimum Gasteiger partial charge on any atom is -0.349 e. The van der Waals surface area contributed by atoms with Gasteiger partial charge >= 0.3 is 0 Å². The maximum Gasteiger partial charge on any atom is 0.239 e. The van der Waals surface area contributed by atoms with Crippen molar-refractivity contribution >= 4 is 11.8 Å². The van der Waals surface area contributed by atoms with Crippen LogP contribution in [0.1, 0.15) is 12.8 Å². The Morgan fingerprint density at radius 1 is 1.00 bits per heavy atom. The Morgan fingerprint density at radius 3 is 1.94 bits per heavy atom. The third-order valence-electron chi connectivity index (χ3n) is 3.34. The molecule has 1 fully saturated rings. The molecule has 0 aliphatic carbocycles. The Balaban J connectivity index is 2.61. The van der Waals surface area contributed by atoms with Crippen molar-refractivity contribution < 1.29 is 9.59 Å². The van der Waals surface area contributed by atoms with E-state index in [0.29, 0.717) is 6.54 Å². The molecule has 5 heteroatoms. The Morgan fingerprint density at radius 2 is 1.53 bits per heavy atom. The van der Waals surface area contributed by atoms with Crippen LogP contribution in [0.25, 0.3) is 0 Å². The smallest absolute Gasteiger partial charge is 0.239 e. The molecule has 0 N–H and O–H groups in total. The molecule has 1 aliphatic heterocycles. The van der Waals surface area contributed by atoms with Crippen molar-refractivity contribution in [1.29, 1.82) is 0 Å². The van der Waals surface area contributed by atoms with E-state index in [1.807, 2.05) is 11.9 Å². The summed E-state index contributed by atoms with van der Waals surface area (Å²) < 4.78 is 0. The Hall–Kier alpha value is -1.10. The third kappa shape index (κ3) is 3.19. The molecule has 1 rings (SSSR count). The van der Waals surface area contributed by atoms with Gasteiger partial charge in [0.2, 0.25) is 11.8 Å². The van der Waals surface area contributed by atoms with E-state index < -0.39 is 0 Å². The number of hydrogen-bond acceptors (Lipinski definition) is 3. The highest BCUT2D eigenvalue weighted by molar-refractivity contribution is 5.83. The molecule has 0 spiro atoms. The predicted octanol–water partition coefficient (Wildman–Crippen LogP) is -0.127. The summed E-state index contributed by atoms with van der Waals surface area (Å²) in [6.45, 7) is 0.668. The number of likely N-dealkylation sites (N-methyl/N-ethyl adjacent to an activating group) is 2. The Kier molecular flexibility index (Phi) is 4.51. The average Bonchev–Trinajstić information content (AvgIpc) is 2.26. The van der Waals surface area contributed by atoms with Crippen LogP contribution in [0.3, 0.4) is 0 Å². The van der Waals surface area contributed by atoms with Crippen molar-refractivity contribution in [3.63, 3.8) is 0 Å². The van der Waals surface area contributed by atoms with E-state index in [-0.39, 0.29) is 23.8 Å². The largest absolute Gasteiger partial charge is 0.349 e. The first kappa shape index (κ1) is 14.0. The molecule has 0 aromatic heterocycles. The zero-order valence-electron chi connectivity index (χ0n) is 11.4. The van der Waals surface area contributed by atoms with Crippen molar-refractivity contribution in [3.05, 3.63) is 0 Å². The molecule has 98 valence electrons. The fraction of sp³-hybridized carbons (Fsp3) is 0.833. The highest BCUT2D eigenvalue weighted by Gasteiger charge is 2.34. The number of piperidine rings is 1. The number of nitrogens with zero attached hydrogens (tertiary/aromatic N) is 3. The van der Waals surface area contributed by atoms with Crippen molar-refractivity contribution in [2.45, 2.75) is 18.9 Å². The van der Waals surface area contributed by atoms with Gasteiger partial charge < -0.3 is 9.80 Å². The fourth-order valence-electron chi connectivity index (χ4n) is 2.32. The summed E-state index contributed by atoms with van der Waals surface area (Å²) in [7, 11) is 9.01. The molecule has 0 aromatic carbocycles. The lowest BCUT2D eigenvalue weighted by atomic mass is 9.91. The van der Waals surface area contributed by atoms with Gasteiger partial charge in [0, 0.05) is 34.7 Å². The van der Waals surface area contributed by atoms with E-state index >= 15 is 0 Å². The van der Waals surface area contributed by atoms with Crippen molar-refractivity contribution in [2.24, 2.45) is 5.92 Å². The van der Waals surface area contributed by atoms with E-state index in [2.05, 4.69) is 0 Å². The van der Waals surface area contributed by atoms with E-state index in [9.17, 15) is 9.59 Å². The third-order valence-corrected chi connectivity index (χ3v) is 3.34. The lowest BCUT2D eigenvalue weighted by Gasteiger charge is -2.37. The topological polar surface area (TPSA) is 43.9 Å². The highest BCUT2D eigenvalue weighted by atomic mass is 16.2. The first-order valence-corrected chi connectivity index (χ1v) is 5.97. The summed E-state index contributed by atoms with van der Waals surface area (Å²) in [6, 6.07) is -0.0730. The maximum atomic E-state index is 11.9. The van der Waals surface area contributed by atoms with Crippen molar-refractivity contribution in [3.8, 4) is 0 Å². The van der Waals surface area contributed by atoms with Gasteiger partial charge in [-0.2, -0.15) is 0 Å². The van der Waals surface area contributed by atoms with Gasteiger partial charge in [0.25, 0.3) is 0 Å². The van der Waals surface area contributed by atoms with Crippen LogP contribution in [0.5, 0.6) is 0 Å². The summed E-state index contributed by atoms with van der Waals surface area (Å²) >= 11 is 0. The number of likely N-dealkylation sites (tertiary alicyclic amines) is 1. The van der Waals surface area contributed by atoms with Crippen LogP contribution in [0.4, 0.5) is 0 Å². The molecule has 1 saturated heterocycles. The molecule has 1 aliphatic rings. The first-order valence-electron chi connectivity index (χ1n) is 5.97. The average molecular weight is 241 g/mol. The monoisotopic (exact) mass is 241 g/mol. The van der Waals surface area contributed by atoms with Crippen LogP contribution in [0.2, 0.25) is 0 Å². The second kappa shape index (κ2) is 5.49. The van der Waals surface area contributed by atoms with Gasteiger partial charge in [-0.3, -0.25) is 14.5 Å². The standard InChI is InChI=1S/C12H23N3O2/c1-13(2)11(16)9-6-7-10(15(5)8-9)12(17)14(3)4/h9-10H,6-8H2,1-5H3. The van der Waals surface area contributed by atoms with Gasteiger partial charge in [-0.1, -0.05) is 0 Å². The maximum absolute atomic E-state index is 11.9. The van der Waals surface area contributed by atoms with Gasteiger partial charge in [0.15, 0.2) is 0 Å². The zero-order chi connectivity index (χ0) is 13.2. The van der Waals surface area contributed by atoms with Crippen LogP contribution in [0, 0.1) is 5.92 Å². The lowest BCUT2D eigenvalue weighted by molar-refractivity contribution is -0.141. The molecule has 0 bridgehead atoms. The minimum absolute atomic E-state index is 0.0289. The number of carbonyl (C=O) groups is 2. The van der Waals surface area contributed by atoms with Crippen LogP contribution >= 0.6 is 0 Å². The quantitative estimate of drug-likeness (QED) is 0.676. The van der Waals surface area contributed by atoms with Gasteiger partial charge in [-0.05, 0) is 19.9 Å². The first-order chi connectivity index (χ1) is 7.84. The van der Waals surface area contributed by atoms with Gasteiger partial charge in [-0.15, -0.1) is 0 Å². The number of amides is 2. The van der Waals surface area contributed by atoms with Crippen molar-refractivity contribution in [2.75, 3.05) is 41.8 Å². The summed E-state index contributed by atoms with van der Waals surface area (Å²) in [5.74, 6) is 0.317. The fourth-order valence-corrected chi connectivity index (χ4v) is 2.32. The SMILES string of the molecule is CN(C)C(=O)C1CCC(C(=O)N(C)C)N(C)C1. The predicted molar refractivity (Wildman–Crippen MR) is 66.5 cm³/mol. The van der Waals surface area contributed by atoms with E-state index in [4.69, 9.17) is 0 Å². The van der Waals surface area contributed by atoms with Gasteiger partial charge in [0.1, 0.15) is 0 Å². The van der Waals surface area contributed by atoms with Crippen molar-refractivity contribution in [1.82, 2.24) is 14.7 Å². The molecular formula is C12H23N3O2. The molecule has 1 heterocycles. The van der Waals surface area contributed by atoms with Crippen LogP contribution in [0.15, 0.2) is 0 Å². The highest BCUT2D eigenvalue weighted by Crippen LogP contribution is 2.22. The molecule has 0 saturated carbocycles. The van der Waals surface area contributed by atoms with Crippen LogP contribution in [-0.4, -0.2) is 74.3 Å². The molecule has 17 heavy (non-hydrogen) atoms. The normalized spacial score (nSPS) is 25.5. The van der Waals surface area contributed by atoms with Crippen LogP contribution < -0.4 is 0 Å². The Labute approximate surface area is 103 Å². The summed E-state index contributed by atoms with van der Waals surface area (Å²) in [4.78, 5) is 29.0. The van der Waals surface area contributed by atoms with Gasteiger partial charge in [-0.25, -0.2) is 0 Å². The Bertz CT molecular complexity index is 302. The second-order valence-corrected chi connectivity index (χ2v) is 5.19. The molecule has 5 nitrogen and oxygen atoms in total. The lowest BCUT2D eigenvalue weighted by Crippen LogP contribution is -2.51. The molecule has 0 aromatic rings. The summed E-state index contributed by atoms with van der Waals surface area (Å²) in [6.07, 6.45) is 1.56. The molecule has 0 radical (unpaired) electrons. The van der Waals surface area contributed by atoms with Gasteiger partial charge in [0.05, 0.1) is 12.0 Å². The molecule has 2 amide bonds. The summed E-state index contributed by atoms with van der Waals surface area (Å²) in [5.41, 5.74) is 0. The van der Waals surface area contributed by atoms with Crippen LogP contribution in [-0.2, 0) is 9.59 Å². The molecule has 2 atom stereocenters. The number of rotatable bonds is 2. The molecular weight excluding hydrogens is 218 g/mol. The van der Waals surface area contributed by atoms with E-state index in [1.54, 1.807) is 38.0 Å². The number of hydrogen-bond donors (Lipinski definition) is 0. The number of carbonyl (C=O) groups excluding carboxylic acids is 2. The second-order valence-electron chi connectivity index (χ2n) is 5.19. The summed E-state index contributed by atoms with van der Waals surface area (Å²) in [5, 5.41) is 0. The molecule has 2 unspecified atom stereocenters. The van der Waals surface area contributed by atoms with E-state index in [0.717, 1.165) is 12.8 Å². The minimum atomic E-state index is -0.0730. The zero-order valence-corrected chi connectivity index (χ0v) is 11.4. The van der Waals surface area contributed by atoms with E-state index in [1.165, 1.54) is 0 Å².